The van der Waals surface area contributed by atoms with E-state index in [9.17, 15) is 14.7 Å². The van der Waals surface area contributed by atoms with E-state index in [-0.39, 0.29) is 5.78 Å². The lowest BCUT2D eigenvalue weighted by molar-refractivity contribution is -0.153. The van der Waals surface area contributed by atoms with E-state index in [0.717, 1.165) is 25.1 Å². The van der Waals surface area contributed by atoms with Crippen LogP contribution in [0, 0.1) is 5.41 Å². The molecule has 0 bridgehead atoms. The third-order valence-electron chi connectivity index (χ3n) is 4.69. The normalized spacial score (nSPS) is 23.2. The van der Waals surface area contributed by atoms with Crippen molar-refractivity contribution in [2.45, 2.75) is 39.7 Å². The first-order valence-corrected chi connectivity index (χ1v) is 7.50. The van der Waals surface area contributed by atoms with Gasteiger partial charge in [-0.3, -0.25) is 14.5 Å². The Morgan fingerprint density at radius 2 is 2.14 bits per heavy atom. The largest absolute Gasteiger partial charge is 0.481 e. The number of hydrogen-bond donors (Lipinski definition) is 1. The first-order valence-electron chi connectivity index (χ1n) is 7.50. The van der Waals surface area contributed by atoms with Crippen molar-refractivity contribution in [3.63, 3.8) is 0 Å². The van der Waals surface area contributed by atoms with Crippen molar-refractivity contribution in [1.29, 1.82) is 0 Å². The molecule has 0 aromatic carbocycles. The number of rotatable bonds is 5. The van der Waals surface area contributed by atoms with Crippen molar-refractivity contribution >= 4 is 11.8 Å². The topological polar surface area (TPSA) is 62.5 Å². The van der Waals surface area contributed by atoms with Crippen LogP contribution in [-0.2, 0) is 18.4 Å². The summed E-state index contributed by atoms with van der Waals surface area (Å²) < 4.78 is 1.96. The highest BCUT2D eigenvalue weighted by Crippen LogP contribution is 2.34. The van der Waals surface area contributed by atoms with Crippen LogP contribution in [-0.4, -0.2) is 39.4 Å². The summed E-state index contributed by atoms with van der Waals surface area (Å²) in [6.07, 6.45) is 4.15. The number of aryl methyl sites for hydroxylation is 1. The number of carbonyl (C=O) groups excluding carboxylic acids is 1. The maximum Gasteiger partial charge on any atom is 0.310 e. The molecule has 2 heterocycles. The molecule has 5 heteroatoms. The molecule has 0 amide bonds. The fourth-order valence-corrected chi connectivity index (χ4v) is 3.17. The Balaban J connectivity index is 2.13. The molecule has 0 radical (unpaired) electrons. The summed E-state index contributed by atoms with van der Waals surface area (Å²) in [6.45, 7) is 5.70. The molecule has 1 N–H and O–H groups in total. The summed E-state index contributed by atoms with van der Waals surface area (Å²) in [5, 5.41) is 9.53. The molecule has 116 valence electrons. The number of carboxylic acid groups (broad SMARTS) is 1. The minimum atomic E-state index is -0.689. The molecule has 21 heavy (non-hydrogen) atoms. The van der Waals surface area contributed by atoms with Gasteiger partial charge in [0.05, 0.1) is 5.41 Å². The number of likely N-dealkylation sites (tertiary alicyclic amines) is 1. The number of ketones is 1. The lowest BCUT2D eigenvalue weighted by Gasteiger charge is -2.39. The first kappa shape index (κ1) is 15.8. The van der Waals surface area contributed by atoms with Gasteiger partial charge < -0.3 is 9.67 Å². The third kappa shape index (κ3) is 3.18. The standard InChI is InChI=1S/C16H24N2O3/c1-4-16(15(20)21)6-5-7-18(11-16)10-14-8-13(12(2)19)9-17(14)3/h8-9H,4-7,10-11H2,1-3H3,(H,20,21)/t16-/m0/s1. The van der Waals surface area contributed by atoms with E-state index < -0.39 is 11.4 Å². The molecule has 1 fully saturated rings. The van der Waals surface area contributed by atoms with E-state index in [0.29, 0.717) is 25.1 Å². The maximum absolute atomic E-state index is 11.6. The second-order valence-corrected chi connectivity index (χ2v) is 6.14. The van der Waals surface area contributed by atoms with E-state index >= 15 is 0 Å². The number of carbonyl (C=O) groups is 2. The fraction of sp³-hybridized carbons (Fsp3) is 0.625. The second-order valence-electron chi connectivity index (χ2n) is 6.14. The van der Waals surface area contributed by atoms with E-state index in [4.69, 9.17) is 0 Å². The zero-order chi connectivity index (χ0) is 15.6. The van der Waals surface area contributed by atoms with Crippen LogP contribution in [0.1, 0.15) is 49.2 Å². The molecule has 0 saturated carbocycles. The highest BCUT2D eigenvalue weighted by molar-refractivity contribution is 5.94. The molecule has 0 aliphatic carbocycles. The number of aromatic nitrogens is 1. The average Bonchev–Trinajstić information content (AvgIpc) is 2.80. The van der Waals surface area contributed by atoms with Crippen LogP contribution in [0.2, 0.25) is 0 Å². The Kier molecular flexibility index (Phi) is 4.52. The summed E-state index contributed by atoms with van der Waals surface area (Å²) in [5.74, 6) is -0.630. The lowest BCUT2D eigenvalue weighted by atomic mass is 9.77. The molecule has 1 aromatic rings. The van der Waals surface area contributed by atoms with Crippen molar-refractivity contribution in [2.24, 2.45) is 12.5 Å². The Morgan fingerprint density at radius 3 is 2.67 bits per heavy atom. The summed E-state index contributed by atoms with van der Waals surface area (Å²) >= 11 is 0. The van der Waals surface area contributed by atoms with Crippen LogP contribution in [0.15, 0.2) is 12.3 Å². The molecule has 0 spiro atoms. The first-order chi connectivity index (χ1) is 9.88. The van der Waals surface area contributed by atoms with Gasteiger partial charge in [0.2, 0.25) is 0 Å². The summed E-state index contributed by atoms with van der Waals surface area (Å²) in [7, 11) is 1.93. The van der Waals surface area contributed by atoms with Gasteiger partial charge in [-0.1, -0.05) is 6.92 Å². The average molecular weight is 292 g/mol. The minimum absolute atomic E-state index is 0.0592. The Morgan fingerprint density at radius 1 is 1.43 bits per heavy atom. The van der Waals surface area contributed by atoms with Gasteiger partial charge >= 0.3 is 5.97 Å². The van der Waals surface area contributed by atoms with Crippen LogP contribution in [0.4, 0.5) is 0 Å². The molecule has 1 saturated heterocycles. The quantitative estimate of drug-likeness (QED) is 0.846. The molecule has 5 nitrogen and oxygen atoms in total. The number of piperidine rings is 1. The Labute approximate surface area is 125 Å². The second kappa shape index (κ2) is 6.02. The number of aliphatic carboxylic acids is 1. The molecule has 1 aromatic heterocycles. The predicted octanol–water partition coefficient (Wildman–Crippen LogP) is 2.30. The Bertz CT molecular complexity index is 550. The predicted molar refractivity (Wildman–Crippen MR) is 80.3 cm³/mol. The number of nitrogens with zero attached hydrogens (tertiary/aromatic N) is 2. The van der Waals surface area contributed by atoms with Crippen molar-refractivity contribution < 1.29 is 14.7 Å². The van der Waals surface area contributed by atoms with Gasteiger partial charge in [-0.05, 0) is 38.8 Å². The zero-order valence-corrected chi connectivity index (χ0v) is 13.1. The number of hydrogen-bond acceptors (Lipinski definition) is 3. The smallest absolute Gasteiger partial charge is 0.310 e. The van der Waals surface area contributed by atoms with Crippen molar-refractivity contribution in [1.82, 2.24) is 9.47 Å². The van der Waals surface area contributed by atoms with E-state index in [1.54, 1.807) is 6.92 Å². The van der Waals surface area contributed by atoms with Gasteiger partial charge in [0.15, 0.2) is 5.78 Å². The van der Waals surface area contributed by atoms with Crippen molar-refractivity contribution in [3.8, 4) is 0 Å². The Hall–Kier alpha value is -1.62. The SMILES string of the molecule is CC[C@]1(C(=O)O)CCCN(Cc2cc(C(C)=O)cn2C)C1. The van der Waals surface area contributed by atoms with Gasteiger partial charge in [-0.15, -0.1) is 0 Å². The van der Waals surface area contributed by atoms with Gasteiger partial charge in [0, 0.05) is 37.6 Å². The highest BCUT2D eigenvalue weighted by atomic mass is 16.4. The molecule has 1 atom stereocenters. The van der Waals surface area contributed by atoms with Gasteiger partial charge in [-0.2, -0.15) is 0 Å². The van der Waals surface area contributed by atoms with Crippen molar-refractivity contribution in [3.05, 3.63) is 23.5 Å². The molecule has 0 unspecified atom stereocenters. The molecule has 1 aliphatic rings. The molecular weight excluding hydrogens is 268 g/mol. The minimum Gasteiger partial charge on any atom is -0.481 e. The zero-order valence-electron chi connectivity index (χ0n) is 13.1. The van der Waals surface area contributed by atoms with E-state index in [1.807, 2.05) is 30.8 Å². The molecule has 1 aliphatic heterocycles. The monoisotopic (exact) mass is 292 g/mol. The number of Topliss-reactive ketones (excluding diaryl/α,β-unsaturated/α-hetero) is 1. The van der Waals surface area contributed by atoms with Crippen LogP contribution in [0.5, 0.6) is 0 Å². The van der Waals surface area contributed by atoms with Crippen LogP contribution in [0.25, 0.3) is 0 Å². The van der Waals surface area contributed by atoms with Gasteiger partial charge in [-0.25, -0.2) is 0 Å². The molecule has 2 rings (SSSR count). The van der Waals surface area contributed by atoms with Gasteiger partial charge in [0.1, 0.15) is 0 Å². The summed E-state index contributed by atoms with van der Waals surface area (Å²) in [6, 6.07) is 1.91. The highest BCUT2D eigenvalue weighted by Gasteiger charge is 2.40. The lowest BCUT2D eigenvalue weighted by Crippen LogP contribution is -2.47. The van der Waals surface area contributed by atoms with Crippen molar-refractivity contribution in [2.75, 3.05) is 13.1 Å². The molecular formula is C16H24N2O3. The van der Waals surface area contributed by atoms with Gasteiger partial charge in [0.25, 0.3) is 0 Å². The summed E-state index contributed by atoms with van der Waals surface area (Å²) in [4.78, 5) is 25.2. The maximum atomic E-state index is 11.6. The number of carboxylic acids is 1. The fourth-order valence-electron chi connectivity index (χ4n) is 3.17. The van der Waals surface area contributed by atoms with E-state index in [2.05, 4.69) is 4.90 Å². The van der Waals surface area contributed by atoms with Crippen LogP contribution < -0.4 is 0 Å². The van der Waals surface area contributed by atoms with Crippen LogP contribution >= 0.6 is 0 Å². The third-order valence-corrected chi connectivity index (χ3v) is 4.69. The van der Waals surface area contributed by atoms with E-state index in [1.165, 1.54) is 0 Å². The summed E-state index contributed by atoms with van der Waals surface area (Å²) in [5.41, 5.74) is 1.15. The van der Waals surface area contributed by atoms with Crippen LogP contribution in [0.3, 0.4) is 0 Å².